The van der Waals surface area contributed by atoms with Gasteiger partial charge in [-0.3, -0.25) is 14.2 Å². The highest BCUT2D eigenvalue weighted by molar-refractivity contribution is 7.88. The number of alkyl halides is 7. The number of nitrogens with zero attached hydrogens (tertiary/aromatic N) is 2. The fourth-order valence-electron chi connectivity index (χ4n) is 5.42. The van der Waals surface area contributed by atoms with Gasteiger partial charge in [-0.2, -0.15) is 34.8 Å². The van der Waals surface area contributed by atoms with Crippen molar-refractivity contribution >= 4 is 16.2 Å². The Labute approximate surface area is 236 Å². The van der Waals surface area contributed by atoms with Gasteiger partial charge in [0.1, 0.15) is 17.4 Å². The Morgan fingerprint density at radius 1 is 1.05 bits per heavy atom. The van der Waals surface area contributed by atoms with Crippen LogP contribution in [0, 0.1) is 11.6 Å². The Kier molecular flexibility index (Phi) is 9.24. The zero-order valence-electron chi connectivity index (χ0n) is 22.2. The molecule has 0 spiro atoms. The van der Waals surface area contributed by atoms with Gasteiger partial charge >= 0.3 is 21.8 Å². The summed E-state index contributed by atoms with van der Waals surface area (Å²) in [5.74, 6) is -3.01. The molecular weight excluding hydrogens is 603 g/mol. The Balaban J connectivity index is 1.73. The van der Waals surface area contributed by atoms with E-state index in [1.165, 1.54) is 6.92 Å². The van der Waals surface area contributed by atoms with Crippen molar-refractivity contribution < 1.29 is 52.1 Å². The van der Waals surface area contributed by atoms with Gasteiger partial charge in [-0.15, -0.1) is 0 Å². The molecular formula is C27H27F9N2O3S. The number of hydrogen-bond donors (Lipinski definition) is 0. The minimum Gasteiger partial charge on any atom is -0.376 e. The third-order valence-electron chi connectivity index (χ3n) is 7.20. The molecule has 0 radical (unpaired) electrons. The molecule has 2 atom stereocenters. The molecule has 0 aromatic heterocycles. The van der Waals surface area contributed by atoms with Crippen LogP contribution in [0.3, 0.4) is 0 Å². The normalized spacial score (nSPS) is 21.6. The monoisotopic (exact) mass is 630 g/mol. The summed E-state index contributed by atoms with van der Waals surface area (Å²) < 4.78 is 150. The highest BCUT2D eigenvalue weighted by Gasteiger charge is 2.49. The molecule has 1 fully saturated rings. The standard InChI is InChI=1S/C27H27F9N2O3S/c1-16-9-19-13-20(41-42(39,40)27(34,35)36)3-4-21(19)25(38(16)15-26(31,32)33)24-22(29)11-18(12-23(24)30)10-17-5-8-37(14-17)7-2-6-28/h3-4,10-13,16,25H,2,5-9,14-15H2,1H3/b17-10-/t16-,25+/m1/s1. The van der Waals surface area contributed by atoms with Crippen molar-refractivity contribution in [1.29, 1.82) is 0 Å². The first kappa shape index (κ1) is 32.1. The first-order valence-corrected chi connectivity index (χ1v) is 14.3. The maximum atomic E-state index is 15.6. The summed E-state index contributed by atoms with van der Waals surface area (Å²) in [5.41, 5.74) is -5.40. The molecule has 0 bridgehead atoms. The average Bonchev–Trinajstić information content (AvgIpc) is 3.29. The molecule has 5 nitrogen and oxygen atoms in total. The molecule has 232 valence electrons. The van der Waals surface area contributed by atoms with Gasteiger partial charge in [0.05, 0.1) is 19.3 Å². The van der Waals surface area contributed by atoms with E-state index < -0.39 is 70.1 Å². The van der Waals surface area contributed by atoms with Crippen LogP contribution in [0.4, 0.5) is 39.5 Å². The molecule has 2 aliphatic heterocycles. The average molecular weight is 631 g/mol. The van der Waals surface area contributed by atoms with Gasteiger partial charge in [-0.25, -0.2) is 8.78 Å². The first-order valence-electron chi connectivity index (χ1n) is 12.9. The third-order valence-corrected chi connectivity index (χ3v) is 8.18. The van der Waals surface area contributed by atoms with Gasteiger partial charge in [-0.05, 0) is 67.1 Å². The lowest BCUT2D eigenvalue weighted by Gasteiger charge is -2.42. The lowest BCUT2D eigenvalue weighted by Crippen LogP contribution is -2.47. The van der Waals surface area contributed by atoms with Crippen molar-refractivity contribution in [1.82, 2.24) is 9.80 Å². The second-order valence-corrected chi connectivity index (χ2v) is 11.9. The highest BCUT2D eigenvalue weighted by Crippen LogP contribution is 2.43. The molecule has 0 amide bonds. The van der Waals surface area contributed by atoms with Crippen LogP contribution in [0.1, 0.15) is 48.1 Å². The number of fused-ring (bicyclic) bond motifs is 1. The van der Waals surface area contributed by atoms with E-state index in [0.29, 0.717) is 32.5 Å². The smallest absolute Gasteiger partial charge is 0.376 e. The summed E-state index contributed by atoms with van der Waals surface area (Å²) in [6.07, 6.45) is -2.44. The van der Waals surface area contributed by atoms with E-state index in [0.717, 1.165) is 40.8 Å². The molecule has 2 heterocycles. The first-order chi connectivity index (χ1) is 19.5. The van der Waals surface area contributed by atoms with Gasteiger partial charge in [0.2, 0.25) is 0 Å². The van der Waals surface area contributed by atoms with Gasteiger partial charge in [0, 0.05) is 31.2 Å². The minimum atomic E-state index is -6.03. The van der Waals surface area contributed by atoms with E-state index >= 15 is 8.78 Å². The molecule has 4 rings (SSSR count). The topological polar surface area (TPSA) is 49.9 Å². The Hall–Kier alpha value is -2.78. The Morgan fingerprint density at radius 2 is 1.71 bits per heavy atom. The van der Waals surface area contributed by atoms with E-state index in [-0.39, 0.29) is 23.1 Å². The molecule has 0 saturated carbocycles. The summed E-state index contributed by atoms with van der Waals surface area (Å²) in [7, 11) is -6.03. The molecule has 2 aromatic rings. The number of hydrogen-bond acceptors (Lipinski definition) is 5. The molecule has 0 N–H and O–H groups in total. The van der Waals surface area contributed by atoms with Crippen molar-refractivity contribution in [3.8, 4) is 5.75 Å². The van der Waals surface area contributed by atoms with E-state index in [1.807, 2.05) is 4.90 Å². The van der Waals surface area contributed by atoms with Crippen molar-refractivity contribution in [2.24, 2.45) is 0 Å². The second kappa shape index (κ2) is 12.1. The fourth-order valence-corrected chi connectivity index (χ4v) is 5.87. The molecule has 2 aromatic carbocycles. The van der Waals surface area contributed by atoms with E-state index in [2.05, 4.69) is 4.18 Å². The lowest BCUT2D eigenvalue weighted by molar-refractivity contribution is -0.155. The number of likely N-dealkylation sites (tertiary alicyclic amines) is 1. The van der Waals surface area contributed by atoms with Crippen molar-refractivity contribution in [2.45, 2.75) is 50.0 Å². The third kappa shape index (κ3) is 7.22. The summed E-state index contributed by atoms with van der Waals surface area (Å²) in [6.45, 7) is 0.991. The lowest BCUT2D eigenvalue weighted by atomic mass is 9.84. The van der Waals surface area contributed by atoms with Crippen LogP contribution < -0.4 is 4.18 Å². The zero-order chi connectivity index (χ0) is 31.0. The van der Waals surface area contributed by atoms with Gasteiger partial charge < -0.3 is 4.18 Å². The fraction of sp³-hybridized carbons (Fsp3) is 0.481. The summed E-state index contributed by atoms with van der Waals surface area (Å²) in [5, 5.41) is 0. The molecule has 15 heteroatoms. The highest BCUT2D eigenvalue weighted by atomic mass is 32.2. The molecule has 0 aliphatic carbocycles. The van der Waals surface area contributed by atoms with Crippen LogP contribution in [0.15, 0.2) is 35.9 Å². The van der Waals surface area contributed by atoms with E-state index in [9.17, 15) is 39.2 Å². The largest absolute Gasteiger partial charge is 0.534 e. The van der Waals surface area contributed by atoms with E-state index in [1.54, 1.807) is 6.08 Å². The van der Waals surface area contributed by atoms with E-state index in [4.69, 9.17) is 0 Å². The maximum absolute atomic E-state index is 15.6. The van der Waals surface area contributed by atoms with Crippen LogP contribution in [-0.2, 0) is 16.5 Å². The van der Waals surface area contributed by atoms with Crippen LogP contribution >= 0.6 is 0 Å². The quantitative estimate of drug-likeness (QED) is 0.189. The molecule has 1 saturated heterocycles. The molecule has 0 unspecified atom stereocenters. The summed E-state index contributed by atoms with van der Waals surface area (Å²) in [6, 6.07) is 2.06. The SMILES string of the molecule is C[C@@H]1Cc2cc(OS(=O)(=O)C(F)(F)F)ccc2[C@@H](c2c(F)cc(/C=C3/CCN(CCCF)C3)cc2F)N1CC(F)(F)F. The Morgan fingerprint density at radius 3 is 2.31 bits per heavy atom. The van der Waals surface area contributed by atoms with Crippen LogP contribution in [0.2, 0.25) is 0 Å². The molecule has 42 heavy (non-hydrogen) atoms. The maximum Gasteiger partial charge on any atom is 0.534 e. The predicted molar refractivity (Wildman–Crippen MR) is 136 cm³/mol. The second-order valence-electron chi connectivity index (χ2n) is 10.4. The van der Waals surface area contributed by atoms with Crippen LogP contribution in [0.25, 0.3) is 6.08 Å². The number of rotatable bonds is 8. The minimum absolute atomic E-state index is 0.0442. The van der Waals surface area contributed by atoms with Crippen molar-refractivity contribution in [2.75, 3.05) is 32.9 Å². The number of halogens is 9. The van der Waals surface area contributed by atoms with Gasteiger partial charge in [0.25, 0.3) is 0 Å². The van der Waals surface area contributed by atoms with Crippen molar-refractivity contribution in [3.63, 3.8) is 0 Å². The number of benzene rings is 2. The van der Waals surface area contributed by atoms with Gasteiger partial charge in [-0.1, -0.05) is 17.7 Å². The zero-order valence-corrected chi connectivity index (χ0v) is 23.0. The Bertz CT molecular complexity index is 1420. The van der Waals surface area contributed by atoms with Crippen molar-refractivity contribution in [3.05, 3.63) is 69.8 Å². The summed E-state index contributed by atoms with van der Waals surface area (Å²) in [4.78, 5) is 2.83. The molecule has 2 aliphatic rings. The summed E-state index contributed by atoms with van der Waals surface area (Å²) >= 11 is 0. The predicted octanol–water partition coefficient (Wildman–Crippen LogP) is 6.54. The van der Waals surface area contributed by atoms with Gasteiger partial charge in [0.15, 0.2) is 0 Å². The van der Waals surface area contributed by atoms with Crippen LogP contribution in [0.5, 0.6) is 5.75 Å². The van der Waals surface area contributed by atoms with Crippen LogP contribution in [-0.4, -0.2) is 68.8 Å².